The van der Waals surface area contributed by atoms with Gasteiger partial charge < -0.3 is 4.57 Å². The summed E-state index contributed by atoms with van der Waals surface area (Å²) in [7, 11) is 0. The number of anilines is 1. The molecule has 0 aliphatic carbocycles. The van der Waals surface area contributed by atoms with Crippen molar-refractivity contribution in [2.75, 3.05) is 4.90 Å². The van der Waals surface area contributed by atoms with Crippen LogP contribution in [0.25, 0.3) is 17.0 Å². The van der Waals surface area contributed by atoms with Gasteiger partial charge in [-0.2, -0.15) is 0 Å². The molecule has 1 saturated heterocycles. The minimum Gasteiger partial charge on any atom is -0.342 e. The van der Waals surface area contributed by atoms with E-state index < -0.39 is 11.8 Å². The first kappa shape index (κ1) is 22.1. The first-order chi connectivity index (χ1) is 16.4. The Morgan fingerprint density at radius 1 is 1.00 bits per heavy atom. The maximum Gasteiger partial charge on any atom is 0.270 e. The average molecular weight is 486 g/mol. The van der Waals surface area contributed by atoms with Gasteiger partial charge in [-0.25, -0.2) is 0 Å². The molecule has 4 aromatic rings. The van der Waals surface area contributed by atoms with Crippen molar-refractivity contribution in [1.29, 1.82) is 0 Å². The Bertz CT molecular complexity index is 1500. The third-order valence-corrected chi connectivity index (χ3v) is 6.35. The molecule has 0 spiro atoms. The van der Waals surface area contributed by atoms with E-state index in [-0.39, 0.29) is 10.7 Å². The lowest BCUT2D eigenvalue weighted by Gasteiger charge is -2.29. The highest BCUT2D eigenvalue weighted by Gasteiger charge is 2.35. The van der Waals surface area contributed by atoms with Gasteiger partial charge in [-0.15, -0.1) is 0 Å². The number of aromatic nitrogens is 1. The zero-order valence-electron chi connectivity index (χ0n) is 18.3. The zero-order chi connectivity index (χ0) is 23.8. The van der Waals surface area contributed by atoms with E-state index in [0.29, 0.717) is 17.3 Å². The molecule has 5 nitrogen and oxygen atoms in total. The predicted molar refractivity (Wildman–Crippen MR) is 140 cm³/mol. The Kier molecular flexibility index (Phi) is 5.77. The molecule has 1 aliphatic heterocycles. The highest BCUT2D eigenvalue weighted by molar-refractivity contribution is 7.80. The Morgan fingerprint density at radius 2 is 1.76 bits per heavy atom. The molecule has 1 N–H and O–H groups in total. The maximum atomic E-state index is 13.4. The number of hydrogen-bond donors (Lipinski definition) is 1. The summed E-state index contributed by atoms with van der Waals surface area (Å²) in [6.07, 6.45) is 3.59. The summed E-state index contributed by atoms with van der Waals surface area (Å²) in [6.45, 7) is 2.73. The van der Waals surface area contributed by atoms with Crippen molar-refractivity contribution in [2.45, 2.75) is 13.5 Å². The molecule has 7 heteroatoms. The van der Waals surface area contributed by atoms with E-state index >= 15 is 0 Å². The molecule has 0 unspecified atom stereocenters. The van der Waals surface area contributed by atoms with Crippen LogP contribution in [0.5, 0.6) is 0 Å². The van der Waals surface area contributed by atoms with E-state index in [1.165, 1.54) is 16.0 Å². The minimum atomic E-state index is -0.534. The topological polar surface area (TPSA) is 54.3 Å². The molecule has 3 aromatic carbocycles. The van der Waals surface area contributed by atoms with Crippen LogP contribution in [0.15, 0.2) is 84.6 Å². The van der Waals surface area contributed by atoms with E-state index in [2.05, 4.69) is 35.0 Å². The van der Waals surface area contributed by atoms with Gasteiger partial charge in [0.2, 0.25) is 0 Å². The van der Waals surface area contributed by atoms with Gasteiger partial charge in [0, 0.05) is 29.2 Å². The monoisotopic (exact) mass is 485 g/mol. The Labute approximate surface area is 207 Å². The molecule has 168 valence electrons. The van der Waals surface area contributed by atoms with Gasteiger partial charge in [-0.3, -0.25) is 19.8 Å². The van der Waals surface area contributed by atoms with Crippen LogP contribution in [-0.2, 0) is 16.1 Å². The second-order valence-electron chi connectivity index (χ2n) is 8.13. The van der Waals surface area contributed by atoms with Crippen LogP contribution < -0.4 is 10.2 Å². The Morgan fingerprint density at radius 3 is 2.56 bits per heavy atom. The largest absolute Gasteiger partial charge is 0.342 e. The number of carbonyl (C=O) groups is 2. The van der Waals surface area contributed by atoms with Gasteiger partial charge in [0.25, 0.3) is 11.8 Å². The van der Waals surface area contributed by atoms with Crippen molar-refractivity contribution in [3.8, 4) is 0 Å². The number of aryl methyl sites for hydroxylation is 1. The second-order valence-corrected chi connectivity index (χ2v) is 8.92. The van der Waals surface area contributed by atoms with Gasteiger partial charge in [0.05, 0.1) is 10.7 Å². The third kappa shape index (κ3) is 4.02. The van der Waals surface area contributed by atoms with Crippen LogP contribution in [-0.4, -0.2) is 21.5 Å². The van der Waals surface area contributed by atoms with Gasteiger partial charge in [-0.1, -0.05) is 71.8 Å². The van der Waals surface area contributed by atoms with Crippen molar-refractivity contribution in [3.05, 3.63) is 106 Å². The number of hydrogen-bond acceptors (Lipinski definition) is 3. The number of amides is 2. The molecule has 5 rings (SSSR count). The molecule has 0 bridgehead atoms. The molecular formula is C27H20ClN3O2S. The molecule has 0 atom stereocenters. The molecule has 1 fully saturated rings. The van der Waals surface area contributed by atoms with Gasteiger partial charge >= 0.3 is 0 Å². The summed E-state index contributed by atoms with van der Waals surface area (Å²) in [5, 5.41) is 3.93. The Balaban J connectivity index is 1.58. The standard InChI is InChI=1S/C27H20ClN3O2S/c1-17-7-6-8-18(13-17)15-30-16-19(20-9-2-4-11-23(20)30)14-21-25(32)29-27(34)31(26(21)33)24-12-5-3-10-22(24)28/h2-14,16H,15H2,1H3,(H,29,32,34)/b21-14+. The van der Waals surface area contributed by atoms with Gasteiger partial charge in [0.15, 0.2) is 5.11 Å². The fraction of sp³-hybridized carbons (Fsp3) is 0.0741. The molecule has 2 amide bonds. The van der Waals surface area contributed by atoms with Crippen LogP contribution in [0.1, 0.15) is 16.7 Å². The summed E-state index contributed by atoms with van der Waals surface area (Å²) in [4.78, 5) is 27.5. The summed E-state index contributed by atoms with van der Waals surface area (Å²) in [5.41, 5.74) is 4.56. The second kappa shape index (κ2) is 8.89. The first-order valence-corrected chi connectivity index (χ1v) is 11.5. The fourth-order valence-electron chi connectivity index (χ4n) is 4.19. The molecule has 0 radical (unpaired) electrons. The van der Waals surface area contributed by atoms with Crippen LogP contribution in [0.3, 0.4) is 0 Å². The number of thiocarbonyl (C=S) groups is 1. The van der Waals surface area contributed by atoms with E-state index in [4.69, 9.17) is 23.8 Å². The van der Waals surface area contributed by atoms with Crippen molar-refractivity contribution in [1.82, 2.24) is 9.88 Å². The summed E-state index contributed by atoms with van der Waals surface area (Å²) >= 11 is 11.6. The quantitative estimate of drug-likeness (QED) is 0.236. The lowest BCUT2D eigenvalue weighted by Crippen LogP contribution is -2.54. The third-order valence-electron chi connectivity index (χ3n) is 5.75. The fourth-order valence-corrected chi connectivity index (χ4v) is 4.69. The van der Waals surface area contributed by atoms with E-state index in [0.717, 1.165) is 16.5 Å². The summed E-state index contributed by atoms with van der Waals surface area (Å²) in [5.74, 6) is -1.05. The van der Waals surface area contributed by atoms with Crippen molar-refractivity contribution < 1.29 is 9.59 Å². The molecule has 0 saturated carbocycles. The van der Waals surface area contributed by atoms with Gasteiger partial charge in [0.1, 0.15) is 5.57 Å². The average Bonchev–Trinajstić information content (AvgIpc) is 3.15. The maximum absolute atomic E-state index is 13.4. The minimum absolute atomic E-state index is 0.00197. The van der Waals surface area contributed by atoms with E-state index in [1.54, 1.807) is 30.3 Å². The van der Waals surface area contributed by atoms with Crippen LogP contribution in [0, 0.1) is 6.92 Å². The number of halogens is 1. The van der Waals surface area contributed by atoms with E-state index in [1.807, 2.05) is 36.5 Å². The SMILES string of the molecule is Cc1cccc(Cn2cc(/C=C3\C(=O)NC(=S)N(c4ccccc4Cl)C3=O)c3ccccc32)c1. The van der Waals surface area contributed by atoms with Crippen LogP contribution in [0.4, 0.5) is 5.69 Å². The van der Waals surface area contributed by atoms with E-state index in [9.17, 15) is 9.59 Å². The van der Waals surface area contributed by atoms with Crippen molar-refractivity contribution in [2.24, 2.45) is 0 Å². The highest BCUT2D eigenvalue weighted by atomic mass is 35.5. The first-order valence-electron chi connectivity index (χ1n) is 10.7. The smallest absolute Gasteiger partial charge is 0.270 e. The molecule has 1 aliphatic rings. The number of nitrogens with zero attached hydrogens (tertiary/aromatic N) is 2. The number of rotatable bonds is 4. The van der Waals surface area contributed by atoms with Crippen molar-refractivity contribution >= 4 is 63.4 Å². The van der Waals surface area contributed by atoms with Crippen LogP contribution >= 0.6 is 23.8 Å². The lowest BCUT2D eigenvalue weighted by molar-refractivity contribution is -0.122. The number of nitrogens with one attached hydrogen (secondary N) is 1. The predicted octanol–water partition coefficient (Wildman–Crippen LogP) is 5.48. The molecule has 34 heavy (non-hydrogen) atoms. The van der Waals surface area contributed by atoms with Crippen molar-refractivity contribution in [3.63, 3.8) is 0 Å². The normalized spacial score (nSPS) is 15.3. The van der Waals surface area contributed by atoms with Crippen LogP contribution in [0.2, 0.25) is 5.02 Å². The Hall–Kier alpha value is -3.74. The number of carbonyl (C=O) groups excluding carboxylic acids is 2. The highest BCUT2D eigenvalue weighted by Crippen LogP contribution is 2.30. The number of benzene rings is 3. The summed E-state index contributed by atoms with van der Waals surface area (Å²) in [6, 6.07) is 23.1. The zero-order valence-corrected chi connectivity index (χ0v) is 19.9. The molecular weight excluding hydrogens is 466 g/mol. The molecule has 1 aromatic heterocycles. The molecule has 2 heterocycles. The summed E-state index contributed by atoms with van der Waals surface area (Å²) < 4.78 is 2.12. The number of fused-ring (bicyclic) bond motifs is 1. The number of para-hydroxylation sites is 2. The van der Waals surface area contributed by atoms with Gasteiger partial charge in [-0.05, 0) is 49.0 Å². The lowest BCUT2D eigenvalue weighted by atomic mass is 10.1.